The average molecular weight is 333 g/mol. The second-order valence-electron chi connectivity index (χ2n) is 6.36. The van der Waals surface area contributed by atoms with Crippen LogP contribution in [-0.2, 0) is 4.74 Å². The number of aromatic nitrogens is 2. The lowest BCUT2D eigenvalue weighted by atomic mass is 10.1. The van der Waals surface area contributed by atoms with E-state index in [2.05, 4.69) is 5.16 Å². The molecule has 7 heteroatoms. The Morgan fingerprint density at radius 2 is 2.12 bits per heavy atom. The van der Waals surface area contributed by atoms with Gasteiger partial charge in [0.25, 0.3) is 5.91 Å². The minimum absolute atomic E-state index is 0.0300. The number of nitrogens with zero attached hydrogens (tertiary/aromatic N) is 3. The van der Waals surface area contributed by atoms with Gasteiger partial charge in [0.1, 0.15) is 5.76 Å². The molecule has 1 saturated heterocycles. The summed E-state index contributed by atoms with van der Waals surface area (Å²) < 4.78 is 12.6. The molecule has 0 bridgehead atoms. The van der Waals surface area contributed by atoms with Crippen LogP contribution in [0.15, 0.2) is 16.7 Å². The molecule has 130 valence electrons. The molecular weight excluding hydrogens is 310 g/mol. The van der Waals surface area contributed by atoms with Crippen molar-refractivity contribution in [2.75, 3.05) is 19.8 Å². The molecule has 2 unspecified atom stereocenters. The lowest BCUT2D eigenvalue weighted by Gasteiger charge is -2.37. The normalized spacial score (nSPS) is 21.3. The van der Waals surface area contributed by atoms with Crippen molar-refractivity contribution in [3.8, 4) is 5.82 Å². The first-order valence-electron chi connectivity index (χ1n) is 8.08. The maximum Gasteiger partial charge on any atom is 0.256 e. The van der Waals surface area contributed by atoms with Crippen LogP contribution < -0.4 is 0 Å². The van der Waals surface area contributed by atoms with Crippen molar-refractivity contribution in [1.29, 1.82) is 0 Å². The van der Waals surface area contributed by atoms with Gasteiger partial charge in [0.05, 0.1) is 30.9 Å². The summed E-state index contributed by atoms with van der Waals surface area (Å²) in [5, 5.41) is 13.4. The Bertz CT molecular complexity index is 749. The quantitative estimate of drug-likeness (QED) is 0.923. The monoisotopic (exact) mass is 333 g/mol. The standard InChI is InChI=1S/C17H23N3O4/c1-10-5-15(13(4)20(10)16-6-12(3)24-18-16)17(22)19-7-14(8-21)23-9-11(19)2/h5-6,11,14,21H,7-9H2,1-4H3. The Kier molecular flexibility index (Phi) is 4.47. The highest BCUT2D eigenvalue weighted by molar-refractivity contribution is 5.96. The van der Waals surface area contributed by atoms with Crippen molar-refractivity contribution in [3.05, 3.63) is 34.8 Å². The van der Waals surface area contributed by atoms with E-state index >= 15 is 0 Å². The summed E-state index contributed by atoms with van der Waals surface area (Å²) in [4.78, 5) is 14.8. The molecule has 1 fully saturated rings. The molecule has 0 radical (unpaired) electrons. The van der Waals surface area contributed by atoms with Crippen LogP contribution in [0.1, 0.15) is 34.4 Å². The van der Waals surface area contributed by atoms with Gasteiger partial charge in [-0.1, -0.05) is 5.16 Å². The van der Waals surface area contributed by atoms with E-state index < -0.39 is 0 Å². The molecule has 3 heterocycles. The third-order valence-corrected chi connectivity index (χ3v) is 4.48. The number of aryl methyl sites for hydroxylation is 2. The maximum absolute atomic E-state index is 13.0. The van der Waals surface area contributed by atoms with Crippen LogP contribution in [-0.4, -0.2) is 57.5 Å². The van der Waals surface area contributed by atoms with Crippen molar-refractivity contribution >= 4 is 5.91 Å². The van der Waals surface area contributed by atoms with Gasteiger partial charge in [-0.25, -0.2) is 0 Å². The highest BCUT2D eigenvalue weighted by Gasteiger charge is 2.31. The van der Waals surface area contributed by atoms with E-state index in [1.165, 1.54) is 0 Å². The number of hydrogen-bond acceptors (Lipinski definition) is 5. The molecule has 1 amide bonds. The number of hydrogen-bond donors (Lipinski definition) is 1. The predicted molar refractivity (Wildman–Crippen MR) is 87.4 cm³/mol. The summed E-state index contributed by atoms with van der Waals surface area (Å²) in [6, 6.07) is 3.68. The van der Waals surface area contributed by atoms with Gasteiger partial charge in [0.15, 0.2) is 5.82 Å². The molecule has 3 rings (SSSR count). The first kappa shape index (κ1) is 16.7. The molecule has 2 aromatic rings. The van der Waals surface area contributed by atoms with E-state index in [0.717, 1.165) is 17.1 Å². The van der Waals surface area contributed by atoms with E-state index in [4.69, 9.17) is 9.26 Å². The number of aliphatic hydroxyl groups is 1. The Hall–Kier alpha value is -2.12. The fourth-order valence-electron chi connectivity index (χ4n) is 3.16. The zero-order chi connectivity index (χ0) is 17.4. The van der Waals surface area contributed by atoms with Crippen LogP contribution in [0.25, 0.3) is 5.82 Å². The molecule has 1 aliphatic rings. The van der Waals surface area contributed by atoms with Gasteiger partial charge in [-0.3, -0.25) is 9.36 Å². The third kappa shape index (κ3) is 2.85. The molecule has 7 nitrogen and oxygen atoms in total. The number of ether oxygens (including phenoxy) is 1. The second kappa shape index (κ2) is 6.41. The molecular formula is C17H23N3O4. The van der Waals surface area contributed by atoms with Crippen LogP contribution in [0.4, 0.5) is 0 Å². The van der Waals surface area contributed by atoms with Crippen LogP contribution in [0.2, 0.25) is 0 Å². The first-order chi connectivity index (χ1) is 11.4. The number of morpholine rings is 1. The summed E-state index contributed by atoms with van der Waals surface area (Å²) in [6.07, 6.45) is -0.327. The van der Waals surface area contributed by atoms with Gasteiger partial charge in [-0.05, 0) is 33.8 Å². The van der Waals surface area contributed by atoms with Gasteiger partial charge in [0, 0.05) is 24.0 Å². The lowest BCUT2D eigenvalue weighted by molar-refractivity contribution is -0.0667. The van der Waals surface area contributed by atoms with Crippen LogP contribution in [0.5, 0.6) is 0 Å². The number of carbonyl (C=O) groups excluding carboxylic acids is 1. The van der Waals surface area contributed by atoms with Gasteiger partial charge < -0.3 is 19.3 Å². The van der Waals surface area contributed by atoms with Gasteiger partial charge >= 0.3 is 0 Å². The van der Waals surface area contributed by atoms with Gasteiger partial charge in [0.2, 0.25) is 0 Å². The number of aliphatic hydroxyl groups excluding tert-OH is 1. The molecule has 0 aromatic carbocycles. The highest BCUT2D eigenvalue weighted by atomic mass is 16.5. The van der Waals surface area contributed by atoms with E-state index in [9.17, 15) is 9.90 Å². The fraction of sp³-hybridized carbons (Fsp3) is 0.529. The van der Waals surface area contributed by atoms with Crippen molar-refractivity contribution < 1.29 is 19.2 Å². The summed E-state index contributed by atoms with van der Waals surface area (Å²) >= 11 is 0. The van der Waals surface area contributed by atoms with E-state index in [0.29, 0.717) is 24.5 Å². The van der Waals surface area contributed by atoms with E-state index in [1.54, 1.807) is 4.90 Å². The third-order valence-electron chi connectivity index (χ3n) is 4.48. The predicted octanol–water partition coefficient (Wildman–Crippen LogP) is 1.61. The van der Waals surface area contributed by atoms with Crippen LogP contribution in [0, 0.1) is 20.8 Å². The summed E-state index contributed by atoms with van der Waals surface area (Å²) in [5.74, 6) is 1.34. The Labute approximate surface area is 140 Å². The molecule has 2 aromatic heterocycles. The molecule has 0 aliphatic carbocycles. The molecule has 1 N–H and O–H groups in total. The number of rotatable bonds is 3. The first-order valence-corrected chi connectivity index (χ1v) is 8.08. The van der Waals surface area contributed by atoms with Crippen LogP contribution >= 0.6 is 0 Å². The Morgan fingerprint density at radius 1 is 1.38 bits per heavy atom. The van der Waals surface area contributed by atoms with Crippen molar-refractivity contribution in [3.63, 3.8) is 0 Å². The SMILES string of the molecule is Cc1cc(-n2c(C)cc(C(=O)N3CC(CO)OCC3C)c2C)no1. The summed E-state index contributed by atoms with van der Waals surface area (Å²) in [7, 11) is 0. The Morgan fingerprint density at radius 3 is 2.75 bits per heavy atom. The zero-order valence-electron chi connectivity index (χ0n) is 14.4. The number of amides is 1. The minimum atomic E-state index is -0.327. The molecule has 0 spiro atoms. The smallest absolute Gasteiger partial charge is 0.256 e. The maximum atomic E-state index is 13.0. The van der Waals surface area contributed by atoms with Crippen molar-refractivity contribution in [1.82, 2.24) is 14.6 Å². The van der Waals surface area contributed by atoms with Crippen molar-refractivity contribution in [2.24, 2.45) is 0 Å². The van der Waals surface area contributed by atoms with E-state index in [1.807, 2.05) is 44.4 Å². The fourth-order valence-corrected chi connectivity index (χ4v) is 3.16. The molecule has 0 saturated carbocycles. The number of carbonyl (C=O) groups is 1. The zero-order valence-corrected chi connectivity index (χ0v) is 14.4. The van der Waals surface area contributed by atoms with Gasteiger partial charge in [-0.15, -0.1) is 0 Å². The summed E-state index contributed by atoms with van der Waals surface area (Å²) in [5.41, 5.74) is 2.38. The molecule has 24 heavy (non-hydrogen) atoms. The summed E-state index contributed by atoms with van der Waals surface area (Å²) in [6.45, 7) is 8.36. The second-order valence-corrected chi connectivity index (χ2v) is 6.36. The van der Waals surface area contributed by atoms with Gasteiger partial charge in [-0.2, -0.15) is 0 Å². The Balaban J connectivity index is 1.93. The average Bonchev–Trinajstić information content (AvgIpc) is 3.10. The molecule has 2 atom stereocenters. The van der Waals surface area contributed by atoms with Crippen molar-refractivity contribution in [2.45, 2.75) is 39.8 Å². The highest BCUT2D eigenvalue weighted by Crippen LogP contribution is 2.24. The lowest BCUT2D eigenvalue weighted by Crippen LogP contribution is -2.52. The topological polar surface area (TPSA) is 80.7 Å². The van der Waals surface area contributed by atoms with Crippen LogP contribution in [0.3, 0.4) is 0 Å². The largest absolute Gasteiger partial charge is 0.394 e. The van der Waals surface area contributed by atoms with E-state index in [-0.39, 0.29) is 24.7 Å². The molecule has 1 aliphatic heterocycles. The minimum Gasteiger partial charge on any atom is -0.394 e.